The van der Waals surface area contributed by atoms with E-state index >= 15 is 0 Å². The lowest BCUT2D eigenvalue weighted by Gasteiger charge is -2.30. The molecule has 1 amide bonds. The van der Waals surface area contributed by atoms with E-state index in [-0.39, 0.29) is 17.8 Å². The van der Waals surface area contributed by atoms with Gasteiger partial charge in [-0.2, -0.15) is 0 Å². The number of rotatable bonds is 7. The second-order valence-electron chi connectivity index (χ2n) is 8.00. The Labute approximate surface area is 186 Å². The van der Waals surface area contributed by atoms with Gasteiger partial charge in [0, 0.05) is 31.7 Å². The molecule has 2 aromatic heterocycles. The molecule has 7 nitrogen and oxygen atoms in total. The van der Waals surface area contributed by atoms with Crippen LogP contribution in [-0.4, -0.2) is 64.9 Å². The fraction of sp³-hybridized carbons (Fsp3) is 0.435. The van der Waals surface area contributed by atoms with Gasteiger partial charge in [-0.15, -0.1) is 11.3 Å². The summed E-state index contributed by atoms with van der Waals surface area (Å²) < 4.78 is 6.91. The van der Waals surface area contributed by atoms with Crippen molar-refractivity contribution in [1.82, 2.24) is 19.2 Å². The minimum atomic E-state index is -0.125. The van der Waals surface area contributed by atoms with Crippen LogP contribution in [-0.2, 0) is 22.5 Å². The van der Waals surface area contributed by atoms with Crippen molar-refractivity contribution < 1.29 is 14.3 Å². The number of amides is 1. The van der Waals surface area contributed by atoms with Crippen molar-refractivity contribution in [3.63, 3.8) is 0 Å². The first-order valence-corrected chi connectivity index (χ1v) is 11.5. The molecular weight excluding hydrogens is 412 g/mol. The summed E-state index contributed by atoms with van der Waals surface area (Å²) >= 11 is 1.53. The predicted octanol–water partition coefficient (Wildman–Crippen LogP) is 3.10. The molecule has 164 valence electrons. The van der Waals surface area contributed by atoms with Crippen molar-refractivity contribution in [2.45, 2.75) is 25.8 Å². The van der Waals surface area contributed by atoms with E-state index in [1.54, 1.807) is 4.90 Å². The predicted molar refractivity (Wildman–Crippen MR) is 120 cm³/mol. The van der Waals surface area contributed by atoms with E-state index in [1.165, 1.54) is 24.0 Å². The molecule has 3 heterocycles. The SMILES string of the molecule is COC(=O)C1CCN(Cc2c(C(=O)N(C)CCc3ccccc3)nc3sccn23)CC1. The molecular formula is C23H28N4O3S. The minimum Gasteiger partial charge on any atom is -0.469 e. The first-order chi connectivity index (χ1) is 15.1. The summed E-state index contributed by atoms with van der Waals surface area (Å²) in [5.74, 6) is -0.204. The van der Waals surface area contributed by atoms with E-state index in [9.17, 15) is 9.59 Å². The second kappa shape index (κ2) is 9.62. The third-order valence-corrected chi connectivity index (χ3v) is 6.74. The number of fused-ring (bicyclic) bond motifs is 1. The molecule has 0 radical (unpaired) electrons. The number of thiazole rings is 1. The average Bonchev–Trinajstić information content (AvgIpc) is 3.40. The number of nitrogens with zero attached hydrogens (tertiary/aromatic N) is 4. The Morgan fingerprint density at radius 3 is 2.68 bits per heavy atom. The molecule has 0 atom stereocenters. The standard InChI is InChI=1S/C23H28N4O3S/c1-25(11-8-17-6-4-3-5-7-17)21(28)20-19(27-14-15-31-23(27)24-20)16-26-12-9-18(10-13-26)22(29)30-2/h3-7,14-15,18H,8-13,16H2,1-2H3. The molecule has 0 bridgehead atoms. The van der Waals surface area contributed by atoms with Crippen LogP contribution < -0.4 is 0 Å². The number of piperidine rings is 1. The molecule has 3 aromatic rings. The third kappa shape index (κ3) is 4.80. The first kappa shape index (κ1) is 21.5. The zero-order chi connectivity index (χ0) is 21.8. The zero-order valence-corrected chi connectivity index (χ0v) is 18.8. The van der Waals surface area contributed by atoms with Gasteiger partial charge in [0.2, 0.25) is 0 Å². The average molecular weight is 441 g/mol. The van der Waals surface area contributed by atoms with Gasteiger partial charge >= 0.3 is 5.97 Å². The quantitative estimate of drug-likeness (QED) is 0.528. The summed E-state index contributed by atoms with van der Waals surface area (Å²) in [6.45, 7) is 2.88. The van der Waals surface area contributed by atoms with Crippen molar-refractivity contribution in [3.8, 4) is 0 Å². The van der Waals surface area contributed by atoms with Crippen LogP contribution in [0, 0.1) is 5.92 Å². The number of carbonyl (C=O) groups excluding carboxylic acids is 2. The monoisotopic (exact) mass is 440 g/mol. The van der Waals surface area contributed by atoms with E-state index in [0.717, 1.165) is 43.0 Å². The van der Waals surface area contributed by atoms with Crippen LogP contribution in [0.5, 0.6) is 0 Å². The van der Waals surface area contributed by atoms with E-state index in [0.29, 0.717) is 18.8 Å². The molecule has 1 aliphatic rings. The molecule has 0 spiro atoms. The molecule has 4 rings (SSSR count). The molecule has 1 aliphatic heterocycles. The highest BCUT2D eigenvalue weighted by atomic mass is 32.1. The Morgan fingerprint density at radius 2 is 1.97 bits per heavy atom. The van der Waals surface area contributed by atoms with Crippen LogP contribution >= 0.6 is 11.3 Å². The Hall–Kier alpha value is -2.71. The van der Waals surface area contributed by atoms with Crippen molar-refractivity contribution in [3.05, 3.63) is 58.9 Å². The van der Waals surface area contributed by atoms with Crippen molar-refractivity contribution in [2.75, 3.05) is 33.8 Å². The van der Waals surface area contributed by atoms with Crippen LogP contribution in [0.4, 0.5) is 0 Å². The van der Waals surface area contributed by atoms with Gasteiger partial charge in [0.1, 0.15) is 0 Å². The van der Waals surface area contributed by atoms with Crippen LogP contribution in [0.15, 0.2) is 41.9 Å². The van der Waals surface area contributed by atoms with Crippen LogP contribution in [0.25, 0.3) is 4.96 Å². The van der Waals surface area contributed by atoms with Gasteiger partial charge in [-0.05, 0) is 37.9 Å². The van der Waals surface area contributed by atoms with Gasteiger partial charge in [-0.25, -0.2) is 4.98 Å². The summed E-state index contributed by atoms with van der Waals surface area (Å²) in [5, 5.41) is 1.99. The molecule has 31 heavy (non-hydrogen) atoms. The number of hydrogen-bond acceptors (Lipinski definition) is 6. The van der Waals surface area contributed by atoms with Gasteiger partial charge in [0.05, 0.1) is 18.7 Å². The maximum Gasteiger partial charge on any atom is 0.308 e. The number of methoxy groups -OCH3 is 1. The summed E-state index contributed by atoms with van der Waals surface area (Å²) in [6.07, 6.45) is 4.34. The largest absolute Gasteiger partial charge is 0.469 e. The van der Waals surface area contributed by atoms with Gasteiger partial charge in [0.25, 0.3) is 5.91 Å². The second-order valence-corrected chi connectivity index (χ2v) is 8.87. The number of esters is 1. The highest BCUT2D eigenvalue weighted by molar-refractivity contribution is 7.15. The lowest BCUT2D eigenvalue weighted by molar-refractivity contribution is -0.147. The Morgan fingerprint density at radius 1 is 1.23 bits per heavy atom. The zero-order valence-electron chi connectivity index (χ0n) is 18.0. The number of likely N-dealkylation sites (N-methyl/N-ethyl adjacent to an activating group) is 1. The minimum absolute atomic E-state index is 0.0296. The summed E-state index contributed by atoms with van der Waals surface area (Å²) in [4.78, 5) is 34.6. The van der Waals surface area contributed by atoms with E-state index in [1.807, 2.05) is 41.2 Å². The lowest BCUT2D eigenvalue weighted by Crippen LogP contribution is -2.37. The fourth-order valence-electron chi connectivity index (χ4n) is 4.08. The maximum absolute atomic E-state index is 13.3. The van der Waals surface area contributed by atoms with Crippen molar-refractivity contribution in [2.24, 2.45) is 5.92 Å². The molecule has 1 saturated heterocycles. The smallest absolute Gasteiger partial charge is 0.308 e. The Balaban J connectivity index is 1.46. The van der Waals surface area contributed by atoms with E-state index in [4.69, 9.17) is 4.74 Å². The normalized spacial score (nSPS) is 15.3. The van der Waals surface area contributed by atoms with Gasteiger partial charge in [-0.3, -0.25) is 18.9 Å². The van der Waals surface area contributed by atoms with Crippen LogP contribution in [0.2, 0.25) is 0 Å². The molecule has 1 aromatic carbocycles. The number of likely N-dealkylation sites (tertiary alicyclic amines) is 1. The molecule has 8 heteroatoms. The molecule has 0 unspecified atom stereocenters. The topological polar surface area (TPSA) is 67.2 Å². The van der Waals surface area contributed by atoms with Gasteiger partial charge in [0.15, 0.2) is 10.7 Å². The first-order valence-electron chi connectivity index (χ1n) is 10.6. The van der Waals surface area contributed by atoms with Crippen molar-refractivity contribution in [1.29, 1.82) is 0 Å². The molecule has 0 N–H and O–H groups in total. The highest BCUT2D eigenvalue weighted by Crippen LogP contribution is 2.24. The fourth-order valence-corrected chi connectivity index (χ4v) is 4.82. The highest BCUT2D eigenvalue weighted by Gasteiger charge is 2.28. The number of carbonyl (C=O) groups is 2. The maximum atomic E-state index is 13.3. The lowest BCUT2D eigenvalue weighted by atomic mass is 9.97. The third-order valence-electron chi connectivity index (χ3n) is 5.98. The summed E-state index contributed by atoms with van der Waals surface area (Å²) in [7, 11) is 3.28. The Bertz CT molecular complexity index is 1040. The van der Waals surface area contributed by atoms with E-state index in [2.05, 4.69) is 22.0 Å². The number of ether oxygens (including phenoxy) is 1. The number of imidazole rings is 1. The number of benzene rings is 1. The number of aromatic nitrogens is 2. The molecule has 1 fully saturated rings. The van der Waals surface area contributed by atoms with Gasteiger partial charge in [-0.1, -0.05) is 30.3 Å². The Kier molecular flexibility index (Phi) is 6.67. The summed E-state index contributed by atoms with van der Waals surface area (Å²) in [6, 6.07) is 10.2. The number of hydrogen-bond donors (Lipinski definition) is 0. The molecule has 0 saturated carbocycles. The van der Waals surface area contributed by atoms with Gasteiger partial charge < -0.3 is 9.64 Å². The van der Waals surface area contributed by atoms with Crippen molar-refractivity contribution >= 4 is 28.2 Å². The summed E-state index contributed by atoms with van der Waals surface area (Å²) in [5.41, 5.74) is 2.66. The molecule has 0 aliphatic carbocycles. The van der Waals surface area contributed by atoms with Crippen LogP contribution in [0.1, 0.15) is 34.6 Å². The van der Waals surface area contributed by atoms with Crippen LogP contribution in [0.3, 0.4) is 0 Å². The van der Waals surface area contributed by atoms with E-state index < -0.39 is 0 Å².